The number of ether oxygens (including phenoxy) is 1. The van der Waals surface area contributed by atoms with Gasteiger partial charge in [-0.2, -0.15) is 0 Å². The molecule has 0 saturated carbocycles. The Bertz CT molecular complexity index is 758. The molecular weight excluding hydrogens is 334 g/mol. The minimum atomic E-state index is 0.614. The Balaban J connectivity index is 1.96. The molecule has 0 spiro atoms. The van der Waals surface area contributed by atoms with Crippen LogP contribution in [0, 0.1) is 0 Å². The quantitative estimate of drug-likeness (QED) is 0.768. The van der Waals surface area contributed by atoms with Gasteiger partial charge < -0.3 is 14.6 Å². The molecule has 0 atom stereocenters. The number of benzene rings is 1. The van der Waals surface area contributed by atoms with E-state index in [4.69, 9.17) is 4.74 Å². The van der Waals surface area contributed by atoms with Crippen LogP contribution in [0.2, 0.25) is 0 Å². The predicted molar refractivity (Wildman–Crippen MR) is 84.6 cm³/mol. The molecule has 0 fully saturated rings. The van der Waals surface area contributed by atoms with Crippen molar-refractivity contribution in [2.75, 3.05) is 19.0 Å². The molecule has 0 aliphatic carbocycles. The Labute approximate surface area is 130 Å². The molecule has 0 saturated heterocycles. The molecule has 0 bridgehead atoms. The second kappa shape index (κ2) is 6.19. The van der Waals surface area contributed by atoms with Crippen LogP contribution in [0.4, 0.5) is 11.5 Å². The Morgan fingerprint density at radius 1 is 1.24 bits per heavy atom. The van der Waals surface area contributed by atoms with Crippen LogP contribution < -0.4 is 5.32 Å². The van der Waals surface area contributed by atoms with Crippen molar-refractivity contribution in [2.24, 2.45) is 0 Å². The Morgan fingerprint density at radius 3 is 2.90 bits per heavy atom. The molecule has 0 unspecified atom stereocenters. The van der Waals surface area contributed by atoms with Gasteiger partial charge in [0.05, 0.1) is 18.6 Å². The average molecular weight is 348 g/mol. The SMILES string of the molecule is COCCn1cnc2c(Nc3ccccc3Br)ncnc21. The van der Waals surface area contributed by atoms with Gasteiger partial charge in [-0.25, -0.2) is 15.0 Å². The van der Waals surface area contributed by atoms with Gasteiger partial charge in [-0.3, -0.25) is 0 Å². The van der Waals surface area contributed by atoms with Gasteiger partial charge in [0.15, 0.2) is 17.0 Å². The summed E-state index contributed by atoms with van der Waals surface area (Å²) in [6.07, 6.45) is 3.29. The lowest BCUT2D eigenvalue weighted by Gasteiger charge is -2.08. The van der Waals surface area contributed by atoms with E-state index in [2.05, 4.69) is 36.2 Å². The van der Waals surface area contributed by atoms with Gasteiger partial charge in [0.2, 0.25) is 0 Å². The van der Waals surface area contributed by atoms with Crippen molar-refractivity contribution in [2.45, 2.75) is 6.54 Å². The zero-order valence-corrected chi connectivity index (χ0v) is 13.0. The van der Waals surface area contributed by atoms with Crippen LogP contribution in [0.25, 0.3) is 11.2 Å². The van der Waals surface area contributed by atoms with E-state index in [9.17, 15) is 0 Å². The number of para-hydroxylation sites is 1. The molecule has 3 rings (SSSR count). The van der Waals surface area contributed by atoms with Gasteiger partial charge in [0.25, 0.3) is 0 Å². The second-order valence-electron chi connectivity index (χ2n) is 4.43. The molecule has 2 heterocycles. The molecule has 3 aromatic rings. The highest BCUT2D eigenvalue weighted by molar-refractivity contribution is 9.10. The topological polar surface area (TPSA) is 64.9 Å². The third-order valence-corrected chi connectivity index (χ3v) is 3.76. The number of hydrogen-bond donors (Lipinski definition) is 1. The number of aromatic nitrogens is 4. The fourth-order valence-corrected chi connectivity index (χ4v) is 2.40. The zero-order chi connectivity index (χ0) is 14.7. The van der Waals surface area contributed by atoms with Crippen molar-refractivity contribution < 1.29 is 4.74 Å². The van der Waals surface area contributed by atoms with E-state index in [1.165, 1.54) is 6.33 Å². The summed E-state index contributed by atoms with van der Waals surface area (Å²) in [6.45, 7) is 1.32. The van der Waals surface area contributed by atoms with E-state index in [0.717, 1.165) is 21.3 Å². The summed E-state index contributed by atoms with van der Waals surface area (Å²) in [4.78, 5) is 13.0. The first-order valence-electron chi connectivity index (χ1n) is 6.46. The molecule has 6 nitrogen and oxygen atoms in total. The number of rotatable bonds is 5. The molecule has 2 aromatic heterocycles. The van der Waals surface area contributed by atoms with Gasteiger partial charge in [-0.1, -0.05) is 12.1 Å². The minimum Gasteiger partial charge on any atom is -0.383 e. The Morgan fingerprint density at radius 2 is 2.10 bits per heavy atom. The van der Waals surface area contributed by atoms with Crippen molar-refractivity contribution in [3.05, 3.63) is 41.4 Å². The number of nitrogens with one attached hydrogen (secondary N) is 1. The molecule has 0 amide bonds. The summed E-state index contributed by atoms with van der Waals surface area (Å²) >= 11 is 3.51. The molecule has 0 aliphatic rings. The van der Waals surface area contributed by atoms with Crippen LogP contribution in [-0.4, -0.2) is 33.2 Å². The monoisotopic (exact) mass is 347 g/mol. The largest absolute Gasteiger partial charge is 0.383 e. The number of methoxy groups -OCH3 is 1. The molecule has 108 valence electrons. The van der Waals surface area contributed by atoms with Crippen LogP contribution in [0.1, 0.15) is 0 Å². The summed E-state index contributed by atoms with van der Waals surface area (Å²) in [7, 11) is 1.67. The van der Waals surface area contributed by atoms with Gasteiger partial charge in [-0.15, -0.1) is 0 Å². The molecule has 7 heteroatoms. The van der Waals surface area contributed by atoms with E-state index >= 15 is 0 Å². The highest BCUT2D eigenvalue weighted by Gasteiger charge is 2.11. The Kier molecular flexibility index (Phi) is 4.12. The molecule has 21 heavy (non-hydrogen) atoms. The molecule has 0 radical (unpaired) electrons. The third-order valence-electron chi connectivity index (χ3n) is 3.06. The van der Waals surface area contributed by atoms with Crippen molar-refractivity contribution in [3.8, 4) is 0 Å². The van der Waals surface area contributed by atoms with E-state index in [0.29, 0.717) is 19.0 Å². The third kappa shape index (κ3) is 2.88. The number of anilines is 2. The van der Waals surface area contributed by atoms with Crippen molar-refractivity contribution in [1.82, 2.24) is 19.5 Å². The first kappa shape index (κ1) is 14.0. The minimum absolute atomic E-state index is 0.614. The molecular formula is C14H14BrN5O. The van der Waals surface area contributed by atoms with Crippen LogP contribution in [0.5, 0.6) is 0 Å². The number of hydrogen-bond acceptors (Lipinski definition) is 5. The van der Waals surface area contributed by atoms with Crippen molar-refractivity contribution in [3.63, 3.8) is 0 Å². The molecule has 1 aromatic carbocycles. The van der Waals surface area contributed by atoms with Crippen molar-refractivity contribution in [1.29, 1.82) is 0 Å². The van der Waals surface area contributed by atoms with E-state index in [1.54, 1.807) is 13.4 Å². The van der Waals surface area contributed by atoms with Gasteiger partial charge >= 0.3 is 0 Å². The van der Waals surface area contributed by atoms with Crippen LogP contribution >= 0.6 is 15.9 Å². The number of imidazole rings is 1. The highest BCUT2D eigenvalue weighted by Crippen LogP contribution is 2.27. The van der Waals surface area contributed by atoms with Crippen molar-refractivity contribution >= 4 is 38.6 Å². The summed E-state index contributed by atoms with van der Waals surface area (Å²) in [5, 5.41) is 3.28. The van der Waals surface area contributed by atoms with Crippen LogP contribution in [0.3, 0.4) is 0 Å². The summed E-state index contributed by atoms with van der Waals surface area (Å²) in [5.74, 6) is 0.683. The van der Waals surface area contributed by atoms with E-state index in [1.807, 2.05) is 28.8 Å². The summed E-state index contributed by atoms with van der Waals surface area (Å²) in [5.41, 5.74) is 2.46. The van der Waals surface area contributed by atoms with Gasteiger partial charge in [0.1, 0.15) is 6.33 Å². The first-order valence-corrected chi connectivity index (χ1v) is 7.25. The zero-order valence-electron chi connectivity index (χ0n) is 11.5. The summed E-state index contributed by atoms with van der Waals surface area (Å²) < 4.78 is 8.01. The lowest BCUT2D eigenvalue weighted by Crippen LogP contribution is -2.04. The standard InChI is InChI=1S/C14H14BrN5O/c1-21-7-6-20-9-18-12-13(16-8-17-14(12)20)19-11-5-3-2-4-10(11)15/h2-5,8-9H,6-7H2,1H3,(H,16,17,19). The maximum atomic E-state index is 5.09. The van der Waals surface area contributed by atoms with Gasteiger partial charge in [-0.05, 0) is 28.1 Å². The van der Waals surface area contributed by atoms with E-state index in [-0.39, 0.29) is 0 Å². The summed E-state index contributed by atoms with van der Waals surface area (Å²) in [6, 6.07) is 7.87. The average Bonchev–Trinajstić information content (AvgIpc) is 2.92. The lowest BCUT2D eigenvalue weighted by molar-refractivity contribution is 0.188. The van der Waals surface area contributed by atoms with Gasteiger partial charge in [0, 0.05) is 18.1 Å². The van der Waals surface area contributed by atoms with Crippen LogP contribution in [0.15, 0.2) is 41.4 Å². The maximum absolute atomic E-state index is 5.09. The smallest absolute Gasteiger partial charge is 0.165 e. The molecule has 1 N–H and O–H groups in total. The predicted octanol–water partition coefficient (Wildman–Crippen LogP) is 2.98. The Hall–Kier alpha value is -1.99. The highest BCUT2D eigenvalue weighted by atomic mass is 79.9. The second-order valence-corrected chi connectivity index (χ2v) is 5.28. The fraction of sp³-hybridized carbons (Fsp3) is 0.214. The fourth-order valence-electron chi connectivity index (χ4n) is 2.02. The van der Waals surface area contributed by atoms with Crippen LogP contribution in [-0.2, 0) is 11.3 Å². The normalized spacial score (nSPS) is 11.0. The van der Waals surface area contributed by atoms with E-state index < -0.39 is 0 Å². The molecule has 0 aliphatic heterocycles. The first-order chi connectivity index (χ1) is 10.3. The number of fused-ring (bicyclic) bond motifs is 1. The maximum Gasteiger partial charge on any atom is 0.165 e. The number of nitrogens with zero attached hydrogens (tertiary/aromatic N) is 4. The number of halogens is 1. The lowest BCUT2D eigenvalue weighted by atomic mass is 10.3.